The van der Waals surface area contributed by atoms with Crippen LogP contribution < -0.4 is 11.0 Å². The van der Waals surface area contributed by atoms with Gasteiger partial charge in [0.1, 0.15) is 11.5 Å². The van der Waals surface area contributed by atoms with Crippen molar-refractivity contribution in [1.29, 1.82) is 0 Å². The van der Waals surface area contributed by atoms with Gasteiger partial charge in [-0.05, 0) is 51.4 Å². The van der Waals surface area contributed by atoms with Crippen LogP contribution >= 0.6 is 0 Å². The van der Waals surface area contributed by atoms with E-state index in [1.54, 1.807) is 4.68 Å². The van der Waals surface area contributed by atoms with Crippen LogP contribution in [0.2, 0.25) is 0 Å². The van der Waals surface area contributed by atoms with Crippen LogP contribution in [-0.2, 0) is 13.1 Å². The van der Waals surface area contributed by atoms with Crippen molar-refractivity contribution in [3.8, 4) is 0 Å². The Balaban J connectivity index is 1.68. The maximum Gasteiger partial charge on any atom is 0.346 e. The summed E-state index contributed by atoms with van der Waals surface area (Å²) in [6, 6.07) is 4.04. The molecule has 0 unspecified atom stereocenters. The molecule has 3 aromatic heterocycles. The molecule has 1 fully saturated rings. The number of fused-ring (bicyclic) bond motifs is 1. The molecule has 3 aromatic rings. The highest BCUT2D eigenvalue weighted by atomic mass is 16.2. The Bertz CT molecular complexity index is 944. The van der Waals surface area contributed by atoms with Crippen molar-refractivity contribution >= 4 is 5.65 Å². The smallest absolute Gasteiger partial charge is 0.317 e. The van der Waals surface area contributed by atoms with E-state index in [2.05, 4.69) is 15.4 Å². The molecule has 1 saturated heterocycles. The van der Waals surface area contributed by atoms with Gasteiger partial charge >= 0.3 is 5.69 Å². The fraction of sp³-hybridized carbons (Fsp3) is 0.500. The third-order valence-corrected chi connectivity index (χ3v) is 5.01. The van der Waals surface area contributed by atoms with Crippen LogP contribution in [-0.4, -0.2) is 36.8 Å². The minimum Gasteiger partial charge on any atom is -0.317 e. The second kappa shape index (κ2) is 6.48. The highest BCUT2D eigenvalue weighted by Crippen LogP contribution is 2.22. The fourth-order valence-electron chi connectivity index (χ4n) is 3.67. The predicted molar refractivity (Wildman–Crippen MR) is 96.0 cm³/mol. The average Bonchev–Trinajstić information content (AvgIpc) is 3.18. The third kappa shape index (κ3) is 2.89. The first kappa shape index (κ1) is 16.1. The molecule has 0 aliphatic carbocycles. The summed E-state index contributed by atoms with van der Waals surface area (Å²) in [5.74, 6) is 1.28. The Morgan fingerprint density at radius 3 is 2.84 bits per heavy atom. The van der Waals surface area contributed by atoms with Gasteiger partial charge in [-0.2, -0.15) is 5.10 Å². The zero-order valence-corrected chi connectivity index (χ0v) is 14.8. The number of imidazole rings is 1. The first-order chi connectivity index (χ1) is 12.2. The Morgan fingerprint density at radius 2 is 2.12 bits per heavy atom. The molecule has 25 heavy (non-hydrogen) atoms. The van der Waals surface area contributed by atoms with Crippen LogP contribution in [0.4, 0.5) is 0 Å². The zero-order chi connectivity index (χ0) is 17.4. The molecule has 132 valence electrons. The lowest BCUT2D eigenvalue weighted by Crippen LogP contribution is -2.29. The van der Waals surface area contributed by atoms with Gasteiger partial charge in [-0.1, -0.05) is 6.07 Å². The van der Waals surface area contributed by atoms with Gasteiger partial charge in [0.2, 0.25) is 0 Å². The summed E-state index contributed by atoms with van der Waals surface area (Å²) in [7, 11) is 0. The number of nitrogens with zero attached hydrogens (tertiary/aromatic N) is 5. The lowest BCUT2D eigenvalue weighted by Gasteiger charge is -2.21. The summed E-state index contributed by atoms with van der Waals surface area (Å²) in [5.41, 5.74) is 2.87. The number of nitrogens with one attached hydrogen (secondary N) is 1. The van der Waals surface area contributed by atoms with Crippen molar-refractivity contribution in [2.24, 2.45) is 0 Å². The number of hydrogen-bond acceptors (Lipinski definition) is 4. The first-order valence-corrected chi connectivity index (χ1v) is 8.99. The highest BCUT2D eigenvalue weighted by Gasteiger charge is 2.23. The van der Waals surface area contributed by atoms with Gasteiger partial charge in [0.15, 0.2) is 0 Å². The van der Waals surface area contributed by atoms with Crippen LogP contribution in [0, 0.1) is 6.92 Å². The molecule has 7 nitrogen and oxygen atoms in total. The predicted octanol–water partition coefficient (Wildman–Crippen LogP) is 1.54. The Morgan fingerprint density at radius 1 is 1.32 bits per heavy atom. The van der Waals surface area contributed by atoms with Crippen molar-refractivity contribution in [3.63, 3.8) is 0 Å². The maximum absolute atomic E-state index is 12.8. The summed E-state index contributed by atoms with van der Waals surface area (Å²) in [5, 5.41) is 8.05. The van der Waals surface area contributed by atoms with E-state index in [1.165, 1.54) is 0 Å². The summed E-state index contributed by atoms with van der Waals surface area (Å²) in [6.45, 7) is 7.08. The molecule has 0 aromatic carbocycles. The van der Waals surface area contributed by atoms with Crippen LogP contribution in [0.5, 0.6) is 0 Å². The average molecular weight is 340 g/mol. The van der Waals surface area contributed by atoms with Crippen molar-refractivity contribution in [2.75, 3.05) is 13.1 Å². The zero-order valence-electron chi connectivity index (χ0n) is 14.8. The highest BCUT2D eigenvalue weighted by molar-refractivity contribution is 5.47. The molecule has 1 aliphatic rings. The monoisotopic (exact) mass is 340 g/mol. The topological polar surface area (TPSA) is 69.2 Å². The molecule has 4 rings (SSSR count). The quantitative estimate of drug-likeness (QED) is 0.782. The summed E-state index contributed by atoms with van der Waals surface area (Å²) >= 11 is 0. The second-order valence-electron chi connectivity index (χ2n) is 6.72. The van der Waals surface area contributed by atoms with E-state index in [9.17, 15) is 4.79 Å². The second-order valence-corrected chi connectivity index (χ2v) is 6.72. The molecule has 1 N–H and O–H groups in total. The fourth-order valence-corrected chi connectivity index (χ4v) is 3.67. The van der Waals surface area contributed by atoms with Gasteiger partial charge in [-0.25, -0.2) is 14.5 Å². The summed E-state index contributed by atoms with van der Waals surface area (Å²) < 4.78 is 5.38. The van der Waals surface area contributed by atoms with Crippen LogP contribution in [0.15, 0.2) is 29.3 Å². The van der Waals surface area contributed by atoms with Gasteiger partial charge in [0, 0.05) is 24.9 Å². The molecule has 0 radical (unpaired) electrons. The normalized spacial score (nSPS) is 15.9. The van der Waals surface area contributed by atoms with Crippen molar-refractivity contribution in [1.82, 2.24) is 29.0 Å². The Labute approximate surface area is 146 Å². The molecule has 7 heteroatoms. The largest absolute Gasteiger partial charge is 0.346 e. The molecule has 0 spiro atoms. The molecule has 1 aliphatic heterocycles. The Kier molecular flexibility index (Phi) is 4.17. The van der Waals surface area contributed by atoms with Gasteiger partial charge in [0.05, 0.1) is 12.2 Å². The minimum absolute atomic E-state index is 0.0372. The number of hydrogen-bond donors (Lipinski definition) is 1. The van der Waals surface area contributed by atoms with Crippen LogP contribution in [0.3, 0.4) is 0 Å². The van der Waals surface area contributed by atoms with Crippen LogP contribution in [0.25, 0.3) is 5.65 Å². The third-order valence-electron chi connectivity index (χ3n) is 5.01. The summed E-state index contributed by atoms with van der Waals surface area (Å²) in [4.78, 5) is 17.4. The van der Waals surface area contributed by atoms with Gasteiger partial charge in [-0.15, -0.1) is 0 Å². The van der Waals surface area contributed by atoms with E-state index in [4.69, 9.17) is 0 Å². The molecule has 4 heterocycles. The van der Waals surface area contributed by atoms with Gasteiger partial charge in [0.25, 0.3) is 0 Å². The van der Waals surface area contributed by atoms with Crippen molar-refractivity contribution in [3.05, 3.63) is 52.1 Å². The SMILES string of the molecule is CCn1c(C2CCNCC2)nn(Cc2cn3cccc(C)c3n2)c1=O. The van der Waals surface area contributed by atoms with E-state index >= 15 is 0 Å². The number of aryl methyl sites for hydroxylation is 1. The molecular formula is C18H24N6O. The number of rotatable bonds is 4. The first-order valence-electron chi connectivity index (χ1n) is 8.99. The standard InChI is InChI=1S/C18H24N6O/c1-3-23-17(14-6-8-19-9-7-14)21-24(18(23)25)12-15-11-22-10-4-5-13(2)16(22)20-15/h4-5,10-11,14,19H,3,6-9,12H2,1-2H3. The molecular weight excluding hydrogens is 316 g/mol. The van der Waals surface area contributed by atoms with E-state index in [-0.39, 0.29) is 5.69 Å². The van der Waals surface area contributed by atoms with E-state index in [0.29, 0.717) is 19.0 Å². The van der Waals surface area contributed by atoms with E-state index in [1.807, 2.05) is 47.3 Å². The number of aromatic nitrogens is 5. The van der Waals surface area contributed by atoms with E-state index < -0.39 is 0 Å². The van der Waals surface area contributed by atoms with Gasteiger partial charge < -0.3 is 9.72 Å². The Hall–Kier alpha value is -2.41. The van der Waals surface area contributed by atoms with Crippen molar-refractivity contribution < 1.29 is 0 Å². The summed E-state index contributed by atoms with van der Waals surface area (Å²) in [6.07, 6.45) is 6.02. The minimum atomic E-state index is -0.0372. The lowest BCUT2D eigenvalue weighted by molar-refractivity contribution is 0.429. The molecule has 0 amide bonds. The van der Waals surface area contributed by atoms with Crippen molar-refractivity contribution in [2.45, 2.75) is 45.7 Å². The maximum atomic E-state index is 12.8. The van der Waals surface area contributed by atoms with E-state index in [0.717, 1.165) is 48.7 Å². The van der Waals surface area contributed by atoms with Crippen LogP contribution in [0.1, 0.15) is 42.8 Å². The van der Waals surface area contributed by atoms with Gasteiger partial charge in [-0.3, -0.25) is 4.57 Å². The molecule has 0 bridgehead atoms. The molecule has 0 saturated carbocycles. The lowest BCUT2D eigenvalue weighted by atomic mass is 9.97. The molecule has 0 atom stereocenters. The number of piperidine rings is 1. The number of pyridine rings is 1.